The number of likely N-dealkylation sites (tertiary alicyclic amines) is 2. The number of carbonyl (C=O) groups is 3. The lowest BCUT2D eigenvalue weighted by Gasteiger charge is -2.36. The summed E-state index contributed by atoms with van der Waals surface area (Å²) in [7, 11) is 0. The van der Waals surface area contributed by atoms with Crippen LogP contribution in [-0.4, -0.2) is 57.5 Å². The van der Waals surface area contributed by atoms with E-state index in [9.17, 15) is 14.4 Å². The van der Waals surface area contributed by atoms with E-state index >= 15 is 0 Å². The molecule has 0 bridgehead atoms. The molecule has 2 amide bonds. The standard InChI is InChI=1S/C49H51N5O3S2/c1-3-35(4-2)46(57)52-49(33-55,40-15-9-6-10-16-40)32-53-27-11-17-41(53)47-50-30-43(58-47)38-23-19-36(20-24-38)37-21-25-39(26-22-37)44-31-51-48(59-44)42-18-12-28-54(42)45(56)29-34-13-7-5-8-14-34/h5-10,13-16,19-26,30-31,33,35,41-42H,3-4,11-12,17-18,27-29,32H2,1-2H3,(H,52,57)/t41-,42-,49+/m0/s1. The monoisotopic (exact) mass is 821 g/mol. The maximum absolute atomic E-state index is 13.4. The third-order valence-electron chi connectivity index (χ3n) is 12.1. The molecule has 2 fully saturated rings. The van der Waals surface area contributed by atoms with Gasteiger partial charge in [-0.25, -0.2) is 9.97 Å². The quantitative estimate of drug-likeness (QED) is 0.104. The van der Waals surface area contributed by atoms with Gasteiger partial charge in [-0.1, -0.05) is 123 Å². The molecular weight excluding hydrogens is 771 g/mol. The minimum Gasteiger partial charge on any atom is -0.339 e. The number of carbonyl (C=O) groups excluding carboxylic acids is 3. The molecule has 2 aromatic heterocycles. The van der Waals surface area contributed by atoms with Crippen LogP contribution in [0.5, 0.6) is 0 Å². The van der Waals surface area contributed by atoms with Gasteiger partial charge in [0.15, 0.2) is 6.29 Å². The highest BCUT2D eigenvalue weighted by Gasteiger charge is 2.41. The Kier molecular flexibility index (Phi) is 12.6. The lowest BCUT2D eigenvalue weighted by molar-refractivity contribution is -0.131. The number of rotatable bonds is 15. The number of thiazole rings is 2. The molecule has 0 spiro atoms. The highest BCUT2D eigenvalue weighted by atomic mass is 32.1. The summed E-state index contributed by atoms with van der Waals surface area (Å²) in [5.41, 5.74) is 5.20. The van der Waals surface area contributed by atoms with E-state index in [0.717, 1.165) is 111 Å². The molecule has 6 aromatic rings. The molecular formula is C49H51N5O3S2. The Morgan fingerprint density at radius 2 is 1.25 bits per heavy atom. The fraction of sp³-hybridized carbons (Fsp3) is 0.327. The van der Waals surface area contributed by atoms with Gasteiger partial charge < -0.3 is 15.0 Å². The number of nitrogens with zero attached hydrogens (tertiary/aromatic N) is 4. The zero-order chi connectivity index (χ0) is 40.8. The van der Waals surface area contributed by atoms with Gasteiger partial charge in [-0.2, -0.15) is 0 Å². The van der Waals surface area contributed by atoms with Gasteiger partial charge in [0, 0.05) is 31.4 Å². The summed E-state index contributed by atoms with van der Waals surface area (Å²) < 4.78 is 0. The average molecular weight is 822 g/mol. The van der Waals surface area contributed by atoms with Gasteiger partial charge in [0.2, 0.25) is 11.8 Å². The average Bonchev–Trinajstić information content (AvgIpc) is 4.13. The van der Waals surface area contributed by atoms with Gasteiger partial charge in [-0.3, -0.25) is 14.5 Å². The third-order valence-corrected chi connectivity index (χ3v) is 14.4. The first kappa shape index (κ1) is 40.5. The minimum atomic E-state index is -1.15. The van der Waals surface area contributed by atoms with Gasteiger partial charge in [0.05, 0.1) is 28.3 Å². The van der Waals surface area contributed by atoms with Crippen molar-refractivity contribution in [1.82, 2.24) is 25.1 Å². The van der Waals surface area contributed by atoms with E-state index in [2.05, 4.69) is 58.7 Å². The predicted octanol–water partition coefficient (Wildman–Crippen LogP) is 10.3. The number of benzene rings is 4. The summed E-state index contributed by atoms with van der Waals surface area (Å²) in [6.45, 7) is 6.03. The number of hydrogen-bond donors (Lipinski definition) is 1. The van der Waals surface area contributed by atoms with Crippen molar-refractivity contribution in [2.24, 2.45) is 5.92 Å². The van der Waals surface area contributed by atoms with Gasteiger partial charge in [-0.05, 0) is 78.5 Å². The van der Waals surface area contributed by atoms with E-state index in [-0.39, 0.29) is 29.8 Å². The zero-order valence-electron chi connectivity index (χ0n) is 33.8. The topological polar surface area (TPSA) is 95.5 Å². The second-order valence-electron chi connectivity index (χ2n) is 15.8. The predicted molar refractivity (Wildman–Crippen MR) is 238 cm³/mol. The maximum atomic E-state index is 13.4. The molecule has 3 atom stereocenters. The molecule has 0 unspecified atom stereocenters. The number of aromatic nitrogens is 2. The van der Waals surface area contributed by atoms with Crippen LogP contribution in [0.25, 0.3) is 32.0 Å². The fourth-order valence-electron chi connectivity index (χ4n) is 8.67. The largest absolute Gasteiger partial charge is 0.339 e. The highest BCUT2D eigenvalue weighted by molar-refractivity contribution is 7.15. The van der Waals surface area contributed by atoms with Gasteiger partial charge in [0.1, 0.15) is 15.6 Å². The molecule has 0 aliphatic carbocycles. The Hall–Kier alpha value is -5.29. The molecule has 8 rings (SSSR count). The maximum Gasteiger partial charge on any atom is 0.227 e. The molecule has 2 aliphatic heterocycles. The molecule has 2 aliphatic rings. The van der Waals surface area contributed by atoms with Crippen molar-refractivity contribution >= 4 is 40.8 Å². The number of aldehydes is 1. The Morgan fingerprint density at radius 1 is 0.729 bits per heavy atom. The van der Waals surface area contributed by atoms with Crippen LogP contribution in [0.2, 0.25) is 0 Å². The van der Waals surface area contributed by atoms with E-state index in [1.807, 2.05) is 91.8 Å². The number of amides is 2. The van der Waals surface area contributed by atoms with Gasteiger partial charge >= 0.3 is 0 Å². The Balaban J connectivity index is 0.928. The molecule has 59 heavy (non-hydrogen) atoms. The summed E-state index contributed by atoms with van der Waals surface area (Å²) in [6, 6.07) is 37.0. The van der Waals surface area contributed by atoms with Gasteiger partial charge in [0.25, 0.3) is 0 Å². The molecule has 10 heteroatoms. The van der Waals surface area contributed by atoms with Crippen molar-refractivity contribution in [2.45, 2.75) is 76.4 Å². The second kappa shape index (κ2) is 18.3. The molecule has 302 valence electrons. The first-order valence-corrected chi connectivity index (χ1v) is 22.5. The summed E-state index contributed by atoms with van der Waals surface area (Å²) in [5, 5.41) is 5.24. The molecule has 8 nitrogen and oxygen atoms in total. The van der Waals surface area contributed by atoms with Crippen LogP contribution in [0.1, 0.15) is 85.6 Å². The SMILES string of the molecule is CCC(CC)C(=O)N[C@@](C=O)(CN1CCC[C@H]1c1ncc(-c2ccc(-c3ccc(-c4cnc([C@@H]5CCCN5C(=O)Cc5ccccc5)s4)cc3)cc2)s1)c1ccccc1. The highest BCUT2D eigenvalue weighted by Crippen LogP contribution is 2.41. The Bertz CT molecular complexity index is 2340. The minimum absolute atomic E-state index is 0.0365. The van der Waals surface area contributed by atoms with Crippen LogP contribution in [0.4, 0.5) is 0 Å². The van der Waals surface area contributed by atoms with E-state index < -0.39 is 5.54 Å². The summed E-state index contributed by atoms with van der Waals surface area (Å²) >= 11 is 3.39. The van der Waals surface area contributed by atoms with Gasteiger partial charge in [-0.15, -0.1) is 22.7 Å². The molecule has 2 saturated heterocycles. The van der Waals surface area contributed by atoms with E-state index in [0.29, 0.717) is 13.0 Å². The van der Waals surface area contributed by atoms with E-state index in [4.69, 9.17) is 9.97 Å². The molecule has 1 N–H and O–H groups in total. The lowest BCUT2D eigenvalue weighted by Crippen LogP contribution is -2.55. The Labute approximate surface area is 355 Å². The molecule has 4 heterocycles. The smallest absolute Gasteiger partial charge is 0.227 e. The van der Waals surface area contributed by atoms with Crippen LogP contribution in [0, 0.1) is 5.92 Å². The van der Waals surface area contributed by atoms with Crippen LogP contribution >= 0.6 is 22.7 Å². The third kappa shape index (κ3) is 8.86. The van der Waals surface area contributed by atoms with Crippen LogP contribution in [0.3, 0.4) is 0 Å². The molecule has 0 saturated carbocycles. The summed E-state index contributed by atoms with van der Waals surface area (Å²) in [4.78, 5) is 56.0. The van der Waals surface area contributed by atoms with Crippen molar-refractivity contribution < 1.29 is 14.4 Å². The Morgan fingerprint density at radius 3 is 1.83 bits per heavy atom. The first-order valence-electron chi connectivity index (χ1n) is 20.9. The van der Waals surface area contributed by atoms with Crippen molar-refractivity contribution in [1.29, 1.82) is 0 Å². The summed E-state index contributed by atoms with van der Waals surface area (Å²) in [6.07, 6.45) is 10.6. The number of nitrogens with one attached hydrogen (secondary N) is 1. The van der Waals surface area contributed by atoms with Crippen molar-refractivity contribution in [2.75, 3.05) is 19.6 Å². The fourth-order valence-corrected chi connectivity index (χ4v) is 10.8. The van der Waals surface area contributed by atoms with Crippen molar-refractivity contribution in [3.05, 3.63) is 143 Å². The first-order chi connectivity index (χ1) is 28.9. The van der Waals surface area contributed by atoms with Crippen molar-refractivity contribution in [3.8, 4) is 32.0 Å². The molecule has 0 radical (unpaired) electrons. The summed E-state index contributed by atoms with van der Waals surface area (Å²) in [5.74, 6) is -0.0536. The van der Waals surface area contributed by atoms with Crippen LogP contribution in [0.15, 0.2) is 122 Å². The van der Waals surface area contributed by atoms with E-state index in [1.165, 1.54) is 0 Å². The lowest BCUT2D eigenvalue weighted by atomic mass is 9.88. The second-order valence-corrected chi connectivity index (χ2v) is 17.9. The van der Waals surface area contributed by atoms with E-state index in [1.54, 1.807) is 22.7 Å². The normalized spacial score (nSPS) is 17.9. The van der Waals surface area contributed by atoms with Crippen LogP contribution in [-0.2, 0) is 26.3 Å². The van der Waals surface area contributed by atoms with Crippen LogP contribution < -0.4 is 5.32 Å². The van der Waals surface area contributed by atoms with Crippen molar-refractivity contribution in [3.63, 3.8) is 0 Å². The molecule has 4 aromatic carbocycles. The zero-order valence-corrected chi connectivity index (χ0v) is 35.4. The number of hydrogen-bond acceptors (Lipinski definition) is 8.